The Labute approximate surface area is 136 Å². The van der Waals surface area contributed by atoms with E-state index >= 15 is 0 Å². The summed E-state index contributed by atoms with van der Waals surface area (Å²) in [6.07, 6.45) is 2.97. The third-order valence-corrected chi connectivity index (χ3v) is 3.09. The molecule has 1 fully saturated rings. The van der Waals surface area contributed by atoms with Gasteiger partial charge in [-0.2, -0.15) is 0 Å². The molecule has 0 aromatic rings. The molecule has 2 rings (SSSR count). The van der Waals surface area contributed by atoms with Gasteiger partial charge in [0.25, 0.3) is 0 Å². The van der Waals surface area contributed by atoms with Crippen molar-refractivity contribution in [1.29, 1.82) is 0 Å². The molecule has 0 radical (unpaired) electrons. The van der Waals surface area contributed by atoms with Gasteiger partial charge in [-0.15, -0.1) is 13.2 Å². The Morgan fingerprint density at radius 1 is 1.00 bits per heavy atom. The molecular formula is C14H15N4O6-. The van der Waals surface area contributed by atoms with Gasteiger partial charge in [0, 0.05) is 0 Å². The lowest BCUT2D eigenvalue weighted by atomic mass is 9.78. The average molecular weight is 335 g/mol. The van der Waals surface area contributed by atoms with Crippen molar-refractivity contribution >= 4 is 35.7 Å². The number of hydrogen-bond acceptors (Lipinski definition) is 6. The topological polar surface area (TPSA) is 157 Å². The van der Waals surface area contributed by atoms with Gasteiger partial charge in [0.05, 0.1) is 6.42 Å². The summed E-state index contributed by atoms with van der Waals surface area (Å²) in [4.78, 5) is 57.5. The molecule has 2 aliphatic heterocycles. The summed E-state index contributed by atoms with van der Waals surface area (Å²) in [6, 6.07) is -1.65. The van der Waals surface area contributed by atoms with Crippen molar-refractivity contribution in [2.75, 3.05) is 0 Å². The average Bonchev–Trinajstić information content (AvgIpc) is 2.44. The number of carbonyl (C=O) groups excluding carboxylic acids is 5. The van der Waals surface area contributed by atoms with E-state index in [1.54, 1.807) is 0 Å². The summed E-state index contributed by atoms with van der Waals surface area (Å²) in [7, 11) is 0. The van der Waals surface area contributed by atoms with Gasteiger partial charge in [-0.3, -0.25) is 30.3 Å². The number of allylic oxidation sites excluding steroid dienone is 2. The zero-order chi connectivity index (χ0) is 18.3. The Kier molecular flexibility index (Phi) is 6.10. The van der Waals surface area contributed by atoms with Crippen molar-refractivity contribution in [3.05, 3.63) is 25.3 Å². The molecule has 0 aromatic carbocycles. The Morgan fingerprint density at radius 2 is 1.50 bits per heavy atom. The molecule has 128 valence electrons. The molecule has 0 aromatic heterocycles. The number of barbiturate groups is 1. The summed E-state index contributed by atoms with van der Waals surface area (Å²) in [5.74, 6) is -2.46. The number of hydrogen-bond donors (Lipinski definition) is 3. The normalized spacial score (nSPS) is 19.0. The van der Waals surface area contributed by atoms with E-state index in [0.717, 1.165) is 0 Å². The zero-order valence-electron chi connectivity index (χ0n) is 12.6. The smallest absolute Gasteiger partial charge is 0.346 e. The minimum absolute atomic E-state index is 0.171. The molecule has 10 nitrogen and oxygen atoms in total. The Morgan fingerprint density at radius 3 is 1.88 bits per heavy atom. The molecule has 0 aliphatic carbocycles. The second-order valence-corrected chi connectivity index (χ2v) is 4.84. The SMILES string of the molecule is C=CCC1(CC=C)C(=O)NC(=O)NC1=O.O=C1CC([O-])=NC(=O)N1. The lowest BCUT2D eigenvalue weighted by molar-refractivity contribution is -0.218. The number of urea groups is 2. The Bertz CT molecular complexity index is 620. The summed E-state index contributed by atoms with van der Waals surface area (Å²) < 4.78 is 0. The maximum Gasteiger partial charge on any atom is 0.346 e. The summed E-state index contributed by atoms with van der Waals surface area (Å²) in [5, 5.41) is 16.2. The van der Waals surface area contributed by atoms with Gasteiger partial charge < -0.3 is 5.11 Å². The van der Waals surface area contributed by atoms with Gasteiger partial charge in [-0.25, -0.2) is 14.6 Å². The molecule has 7 amide bonds. The lowest BCUT2D eigenvalue weighted by Crippen LogP contribution is -2.62. The fourth-order valence-corrected chi connectivity index (χ4v) is 2.01. The number of nitrogens with zero attached hydrogens (tertiary/aromatic N) is 1. The largest absolute Gasteiger partial charge is 0.861 e. The van der Waals surface area contributed by atoms with Gasteiger partial charge in [0.1, 0.15) is 5.41 Å². The number of aliphatic imine (C=N–C) groups is 1. The van der Waals surface area contributed by atoms with E-state index < -0.39 is 41.1 Å². The van der Waals surface area contributed by atoms with E-state index in [9.17, 15) is 29.1 Å². The lowest BCUT2D eigenvalue weighted by Gasteiger charge is -2.32. The van der Waals surface area contributed by atoms with Crippen molar-refractivity contribution in [2.24, 2.45) is 10.4 Å². The molecule has 0 unspecified atom stereocenters. The quantitative estimate of drug-likeness (QED) is 0.436. The van der Waals surface area contributed by atoms with Crippen LogP contribution in [0.2, 0.25) is 0 Å². The Hall–Kier alpha value is -3.30. The highest BCUT2D eigenvalue weighted by atomic mass is 16.3. The van der Waals surface area contributed by atoms with Crippen LogP contribution in [-0.2, 0) is 14.4 Å². The first kappa shape index (κ1) is 18.7. The summed E-state index contributed by atoms with van der Waals surface area (Å²) in [5.41, 5.74) is -1.28. The van der Waals surface area contributed by atoms with Gasteiger partial charge in [0.2, 0.25) is 17.7 Å². The van der Waals surface area contributed by atoms with Crippen LogP contribution in [0.3, 0.4) is 0 Å². The predicted octanol–water partition coefficient (Wildman–Crippen LogP) is -1.12. The second-order valence-electron chi connectivity index (χ2n) is 4.84. The van der Waals surface area contributed by atoms with Crippen molar-refractivity contribution in [3.8, 4) is 0 Å². The van der Waals surface area contributed by atoms with E-state index in [4.69, 9.17) is 0 Å². The number of rotatable bonds is 4. The first-order chi connectivity index (χ1) is 11.2. The van der Waals surface area contributed by atoms with Crippen LogP contribution in [-0.4, -0.2) is 35.7 Å². The van der Waals surface area contributed by atoms with Crippen LogP contribution in [0.25, 0.3) is 0 Å². The van der Waals surface area contributed by atoms with Crippen molar-refractivity contribution in [2.45, 2.75) is 19.3 Å². The van der Waals surface area contributed by atoms with Crippen LogP contribution >= 0.6 is 0 Å². The fourth-order valence-electron chi connectivity index (χ4n) is 2.01. The molecule has 0 bridgehead atoms. The zero-order valence-corrected chi connectivity index (χ0v) is 12.6. The van der Waals surface area contributed by atoms with Gasteiger partial charge in [0.15, 0.2) is 0 Å². The molecule has 2 aliphatic rings. The molecule has 3 N–H and O–H groups in total. The van der Waals surface area contributed by atoms with Gasteiger partial charge >= 0.3 is 12.1 Å². The van der Waals surface area contributed by atoms with Crippen LogP contribution < -0.4 is 21.1 Å². The standard InChI is InChI=1S/C10H12N2O3.C4H4N2O3/c1-3-5-10(6-4-2)7(13)11-9(15)12-8(10)14;7-2-1-3(8)6-4(9)5-2/h3-4H,1-2,5-6H2,(H2,11,12,13,14,15);1H2,(H2,5,6,7,8,9)/p-1. The summed E-state index contributed by atoms with van der Waals surface area (Å²) >= 11 is 0. The van der Waals surface area contributed by atoms with Crippen molar-refractivity contribution in [3.63, 3.8) is 0 Å². The third-order valence-electron chi connectivity index (χ3n) is 3.09. The van der Waals surface area contributed by atoms with E-state index in [0.29, 0.717) is 0 Å². The van der Waals surface area contributed by atoms with Crippen LogP contribution in [0.4, 0.5) is 9.59 Å². The van der Waals surface area contributed by atoms with Crippen LogP contribution in [0.15, 0.2) is 30.3 Å². The van der Waals surface area contributed by atoms with E-state index in [1.165, 1.54) is 12.2 Å². The molecule has 24 heavy (non-hydrogen) atoms. The molecule has 2 heterocycles. The molecule has 0 saturated carbocycles. The summed E-state index contributed by atoms with van der Waals surface area (Å²) in [6.45, 7) is 6.98. The van der Waals surface area contributed by atoms with E-state index in [-0.39, 0.29) is 19.3 Å². The highest BCUT2D eigenvalue weighted by Gasteiger charge is 2.48. The molecule has 10 heteroatoms. The van der Waals surface area contributed by atoms with Gasteiger partial charge in [-0.1, -0.05) is 12.2 Å². The monoisotopic (exact) mass is 335 g/mol. The minimum atomic E-state index is -1.28. The maximum atomic E-state index is 11.6. The van der Waals surface area contributed by atoms with E-state index in [2.05, 4.69) is 28.8 Å². The number of nitrogens with one attached hydrogen (secondary N) is 3. The van der Waals surface area contributed by atoms with E-state index in [1.807, 2.05) is 5.32 Å². The van der Waals surface area contributed by atoms with Crippen molar-refractivity contribution in [1.82, 2.24) is 16.0 Å². The van der Waals surface area contributed by atoms with Crippen LogP contribution in [0.1, 0.15) is 19.3 Å². The number of amides is 7. The highest BCUT2D eigenvalue weighted by Crippen LogP contribution is 2.30. The number of carbonyl (C=O) groups is 5. The first-order valence-corrected chi connectivity index (χ1v) is 6.72. The first-order valence-electron chi connectivity index (χ1n) is 6.72. The predicted molar refractivity (Wildman–Crippen MR) is 79.3 cm³/mol. The molecule has 1 saturated heterocycles. The molecule has 0 atom stereocenters. The minimum Gasteiger partial charge on any atom is -0.861 e. The second kappa shape index (κ2) is 7.81. The number of imide groups is 3. The highest BCUT2D eigenvalue weighted by molar-refractivity contribution is 6.19. The van der Waals surface area contributed by atoms with Crippen LogP contribution in [0, 0.1) is 5.41 Å². The molecular weight excluding hydrogens is 320 g/mol. The Balaban J connectivity index is 0.000000272. The van der Waals surface area contributed by atoms with Crippen LogP contribution in [0.5, 0.6) is 0 Å². The van der Waals surface area contributed by atoms with Crippen molar-refractivity contribution < 1.29 is 29.1 Å². The third kappa shape index (κ3) is 4.35. The maximum absolute atomic E-state index is 11.6. The van der Waals surface area contributed by atoms with Gasteiger partial charge in [-0.05, 0) is 18.7 Å². The molecule has 0 spiro atoms. The fraction of sp³-hybridized carbons (Fsp3) is 0.286.